The van der Waals surface area contributed by atoms with Crippen LogP contribution in [0.1, 0.15) is 18.4 Å². The van der Waals surface area contributed by atoms with Crippen molar-refractivity contribution in [1.29, 1.82) is 0 Å². The molecule has 0 saturated carbocycles. The molecular formula is C21H26N2O5. The zero-order valence-corrected chi connectivity index (χ0v) is 16.0. The highest BCUT2D eigenvalue weighted by atomic mass is 16.5. The van der Waals surface area contributed by atoms with Gasteiger partial charge in [-0.25, -0.2) is 0 Å². The molecule has 3 N–H and O–H groups in total. The molecule has 2 amide bonds. The van der Waals surface area contributed by atoms with Crippen LogP contribution in [0.3, 0.4) is 0 Å². The van der Waals surface area contributed by atoms with E-state index in [2.05, 4.69) is 17.4 Å². The molecule has 0 aliphatic rings. The highest BCUT2D eigenvalue weighted by molar-refractivity contribution is 5.91. The van der Waals surface area contributed by atoms with Crippen molar-refractivity contribution in [2.45, 2.75) is 19.3 Å². The van der Waals surface area contributed by atoms with Crippen molar-refractivity contribution in [3.8, 4) is 11.5 Å². The van der Waals surface area contributed by atoms with Crippen molar-refractivity contribution in [1.82, 2.24) is 0 Å². The summed E-state index contributed by atoms with van der Waals surface area (Å²) in [7, 11) is 1.49. The summed E-state index contributed by atoms with van der Waals surface area (Å²) in [5.41, 5.74) is 6.87. The predicted octanol–water partition coefficient (Wildman–Crippen LogP) is 2.54. The summed E-state index contributed by atoms with van der Waals surface area (Å²) in [5.74, 6) is 0.0656. The van der Waals surface area contributed by atoms with Gasteiger partial charge in [-0.05, 0) is 30.5 Å². The third-order valence-corrected chi connectivity index (χ3v) is 3.89. The molecule has 0 unspecified atom stereocenters. The summed E-state index contributed by atoms with van der Waals surface area (Å²) in [6.45, 7) is 0.884. The van der Waals surface area contributed by atoms with Crippen molar-refractivity contribution in [2.24, 2.45) is 5.73 Å². The van der Waals surface area contributed by atoms with E-state index in [1.54, 1.807) is 18.2 Å². The largest absolute Gasteiger partial charge is 0.493 e. The van der Waals surface area contributed by atoms with Crippen LogP contribution in [0.5, 0.6) is 11.5 Å². The third-order valence-electron chi connectivity index (χ3n) is 3.89. The molecule has 2 aromatic rings. The van der Waals surface area contributed by atoms with Gasteiger partial charge in [0.15, 0.2) is 18.1 Å². The maximum Gasteiger partial charge on any atom is 0.255 e. The van der Waals surface area contributed by atoms with Crippen LogP contribution in [0.15, 0.2) is 48.5 Å². The van der Waals surface area contributed by atoms with Gasteiger partial charge >= 0.3 is 0 Å². The first kappa shape index (κ1) is 21.2. The molecule has 7 nitrogen and oxygen atoms in total. The molecule has 0 aliphatic carbocycles. The number of benzene rings is 2. The number of nitrogens with one attached hydrogen (secondary N) is 1. The molecule has 2 rings (SSSR count). The van der Waals surface area contributed by atoms with E-state index in [-0.39, 0.29) is 12.5 Å². The molecule has 0 saturated heterocycles. The van der Waals surface area contributed by atoms with Crippen molar-refractivity contribution in [3.63, 3.8) is 0 Å². The molecule has 7 heteroatoms. The number of hydrogen-bond donors (Lipinski definition) is 2. The van der Waals surface area contributed by atoms with Crippen molar-refractivity contribution < 1.29 is 23.8 Å². The van der Waals surface area contributed by atoms with Crippen molar-refractivity contribution in [2.75, 3.05) is 32.2 Å². The van der Waals surface area contributed by atoms with Crippen LogP contribution < -0.4 is 20.5 Å². The molecule has 150 valence electrons. The molecule has 28 heavy (non-hydrogen) atoms. The van der Waals surface area contributed by atoms with Crippen molar-refractivity contribution in [3.05, 3.63) is 54.1 Å². The van der Waals surface area contributed by atoms with Crippen LogP contribution in [0.2, 0.25) is 0 Å². The van der Waals surface area contributed by atoms with Crippen LogP contribution in [0, 0.1) is 0 Å². The Morgan fingerprint density at radius 3 is 2.54 bits per heavy atom. The Balaban J connectivity index is 1.70. The standard InChI is InChI=1S/C21H26N2O5/c1-26-18-10-9-17(14-19(18)28-15-20(22)24)23-21(25)8-5-12-27-13-11-16-6-3-2-4-7-16/h2-4,6-7,9-10,14H,5,8,11-13,15H2,1H3,(H2,22,24)(H,23,25). The predicted molar refractivity (Wildman–Crippen MR) is 107 cm³/mol. The van der Waals surface area contributed by atoms with Gasteiger partial charge in [-0.3, -0.25) is 9.59 Å². The average Bonchev–Trinajstić information content (AvgIpc) is 2.70. The van der Waals surface area contributed by atoms with Crippen LogP contribution in [-0.2, 0) is 20.7 Å². The zero-order chi connectivity index (χ0) is 20.2. The lowest BCUT2D eigenvalue weighted by molar-refractivity contribution is -0.120. The molecule has 0 radical (unpaired) electrons. The lowest BCUT2D eigenvalue weighted by Crippen LogP contribution is -2.20. The summed E-state index contributed by atoms with van der Waals surface area (Å²) in [6.07, 6.45) is 1.82. The summed E-state index contributed by atoms with van der Waals surface area (Å²) >= 11 is 0. The normalized spacial score (nSPS) is 10.3. The van der Waals surface area contributed by atoms with E-state index in [9.17, 15) is 9.59 Å². The van der Waals surface area contributed by atoms with Crippen LogP contribution in [0.4, 0.5) is 5.69 Å². The SMILES string of the molecule is COc1ccc(NC(=O)CCCOCCc2ccccc2)cc1OCC(N)=O. The van der Waals surface area contributed by atoms with Gasteiger partial charge in [0.25, 0.3) is 5.91 Å². The van der Waals surface area contributed by atoms with Gasteiger partial charge in [-0.15, -0.1) is 0 Å². The first-order valence-corrected chi connectivity index (χ1v) is 9.09. The highest BCUT2D eigenvalue weighted by Gasteiger charge is 2.09. The number of methoxy groups -OCH3 is 1. The highest BCUT2D eigenvalue weighted by Crippen LogP contribution is 2.30. The molecule has 0 bridgehead atoms. The van der Waals surface area contributed by atoms with Gasteiger partial charge in [0.1, 0.15) is 0 Å². The van der Waals surface area contributed by atoms with E-state index < -0.39 is 5.91 Å². The van der Waals surface area contributed by atoms with E-state index in [1.807, 2.05) is 18.2 Å². The first-order chi connectivity index (χ1) is 13.6. The number of carbonyl (C=O) groups is 2. The Labute approximate surface area is 164 Å². The summed E-state index contributed by atoms with van der Waals surface area (Å²) in [4.78, 5) is 23.0. The fraction of sp³-hybridized carbons (Fsp3) is 0.333. The van der Waals surface area contributed by atoms with Crippen molar-refractivity contribution >= 4 is 17.5 Å². The van der Waals surface area contributed by atoms with E-state index >= 15 is 0 Å². The van der Waals surface area contributed by atoms with Gasteiger partial charge in [0, 0.05) is 24.8 Å². The Morgan fingerprint density at radius 2 is 1.82 bits per heavy atom. The number of hydrogen-bond acceptors (Lipinski definition) is 5. The molecule has 0 spiro atoms. The summed E-state index contributed by atoms with van der Waals surface area (Å²) in [6, 6.07) is 15.1. The number of ether oxygens (including phenoxy) is 3. The van der Waals surface area contributed by atoms with Gasteiger partial charge in [-0.2, -0.15) is 0 Å². The van der Waals surface area contributed by atoms with E-state index in [0.717, 1.165) is 6.42 Å². The number of rotatable bonds is 12. The maximum absolute atomic E-state index is 12.1. The number of primary amides is 1. The number of nitrogens with two attached hydrogens (primary N) is 1. The zero-order valence-electron chi connectivity index (χ0n) is 16.0. The quantitative estimate of drug-likeness (QED) is 0.546. The van der Waals surface area contributed by atoms with Gasteiger partial charge in [0.2, 0.25) is 5.91 Å². The molecule has 0 atom stereocenters. The molecule has 0 aliphatic heterocycles. The Kier molecular flexibility index (Phi) is 8.81. The average molecular weight is 386 g/mol. The molecular weight excluding hydrogens is 360 g/mol. The Bertz CT molecular complexity index is 765. The van der Waals surface area contributed by atoms with Crippen LogP contribution in [-0.4, -0.2) is 38.7 Å². The van der Waals surface area contributed by atoms with Crippen LogP contribution in [0.25, 0.3) is 0 Å². The minimum atomic E-state index is -0.594. The smallest absolute Gasteiger partial charge is 0.255 e. The fourth-order valence-corrected chi connectivity index (χ4v) is 2.51. The molecule has 0 heterocycles. The first-order valence-electron chi connectivity index (χ1n) is 9.09. The lowest BCUT2D eigenvalue weighted by atomic mass is 10.2. The van der Waals surface area contributed by atoms with Crippen LogP contribution >= 0.6 is 0 Å². The molecule has 0 fully saturated rings. The third kappa shape index (κ3) is 7.67. The second-order valence-corrected chi connectivity index (χ2v) is 6.12. The second kappa shape index (κ2) is 11.6. The molecule has 0 aromatic heterocycles. The van der Waals surface area contributed by atoms with E-state index in [1.165, 1.54) is 12.7 Å². The minimum Gasteiger partial charge on any atom is -0.493 e. The Hall–Kier alpha value is -3.06. The number of amides is 2. The lowest BCUT2D eigenvalue weighted by Gasteiger charge is -2.12. The summed E-state index contributed by atoms with van der Waals surface area (Å²) in [5, 5.41) is 2.79. The maximum atomic E-state index is 12.1. The monoisotopic (exact) mass is 386 g/mol. The number of anilines is 1. The molecule has 2 aromatic carbocycles. The van der Waals surface area contributed by atoms with E-state index in [4.69, 9.17) is 19.9 Å². The summed E-state index contributed by atoms with van der Waals surface area (Å²) < 4.78 is 16.1. The topological polar surface area (TPSA) is 99.9 Å². The van der Waals surface area contributed by atoms with Gasteiger partial charge in [0.05, 0.1) is 13.7 Å². The Morgan fingerprint density at radius 1 is 1.04 bits per heavy atom. The number of carbonyl (C=O) groups excluding carboxylic acids is 2. The van der Waals surface area contributed by atoms with Gasteiger partial charge < -0.3 is 25.3 Å². The fourth-order valence-electron chi connectivity index (χ4n) is 2.51. The minimum absolute atomic E-state index is 0.127. The van der Waals surface area contributed by atoms with E-state index in [0.29, 0.717) is 43.2 Å². The second-order valence-electron chi connectivity index (χ2n) is 6.12. The van der Waals surface area contributed by atoms with Gasteiger partial charge in [-0.1, -0.05) is 30.3 Å².